The van der Waals surface area contributed by atoms with Crippen molar-refractivity contribution >= 4 is 16.2 Å². The quantitative estimate of drug-likeness (QED) is 0.357. The number of carbonyl (C=O) groups is 1. The van der Waals surface area contributed by atoms with E-state index in [1.807, 2.05) is 0 Å². The van der Waals surface area contributed by atoms with Crippen LogP contribution in [-0.2, 0) is 10.4 Å². The van der Waals surface area contributed by atoms with Gasteiger partial charge in [-0.25, -0.2) is 8.42 Å². The predicted octanol–water partition coefficient (Wildman–Crippen LogP) is -1.34. The van der Waals surface area contributed by atoms with Crippen molar-refractivity contribution in [3.8, 4) is 28.7 Å². The molecule has 0 radical (unpaired) electrons. The van der Waals surface area contributed by atoms with E-state index in [4.69, 9.17) is 8.85 Å². The molecule has 11 heteroatoms. The third-order valence-electron chi connectivity index (χ3n) is 3.64. The number of fused-ring (bicyclic) bond motifs is 1. The van der Waals surface area contributed by atoms with E-state index in [1.165, 1.54) is 12.1 Å². The zero-order valence-corrected chi connectivity index (χ0v) is 16.6. The van der Waals surface area contributed by atoms with Crippen LogP contribution in [0, 0.1) is 0 Å². The number of phenolic OH excluding ortho intramolecular Hbond substituents is 2. The second-order valence-corrected chi connectivity index (χ2v) is 6.35. The van der Waals surface area contributed by atoms with Gasteiger partial charge in [-0.1, -0.05) is 6.07 Å². The van der Waals surface area contributed by atoms with E-state index in [9.17, 15) is 28.0 Å². The Kier molecular flexibility index (Phi) is 5.05. The molecule has 0 fully saturated rings. The number of ether oxygens (including phenoxy) is 2. The first-order chi connectivity index (χ1) is 13.3. The Hall–Kier alpha value is -1.98. The molecule has 2 N–H and O–H groups in total. The van der Waals surface area contributed by atoms with E-state index in [1.54, 1.807) is 0 Å². The second kappa shape index (κ2) is 7.95. The van der Waals surface area contributed by atoms with Gasteiger partial charge >= 0.3 is 29.6 Å². The Labute approximate surface area is 180 Å². The molecule has 1 aliphatic rings. The number of Topliss-reactive ketones (excluding diaryl/α,β-unsaturated/α-hetero) is 1. The molecule has 27 heavy (non-hydrogen) atoms. The number of benzene rings is 2. The normalized spacial score (nSPS) is 18.0. The zero-order chi connectivity index (χ0) is 21.6. The Morgan fingerprint density at radius 3 is 2.63 bits per heavy atom. The van der Waals surface area contributed by atoms with Crippen LogP contribution < -0.4 is 43.2 Å². The second-order valence-electron chi connectivity index (χ2n) is 5.37. The number of ketones is 1. The summed E-state index contributed by atoms with van der Waals surface area (Å²) in [5, 5.41) is 19.9. The number of hydrogen-bond donors (Lipinski definition) is 2. The standard InChI is InChI=1S/C16H14O9S.Na/c1-23-13-3-2-8(4-10(13)17)14-7-12(19)16-11(18)5-9(6-15(16)24-14)25-26(20,21)22;/h2-6,14,17-18H,7H2,1H3,(H,20,21,22);/q;+1/p-1/t14-;/m0./s1/i1D3;. The van der Waals surface area contributed by atoms with Crippen molar-refractivity contribution in [2.45, 2.75) is 12.5 Å². The minimum Gasteiger partial charge on any atom is -0.716 e. The van der Waals surface area contributed by atoms with Crippen molar-refractivity contribution in [1.82, 2.24) is 0 Å². The SMILES string of the molecule is [2H]C([2H])([2H])Oc1ccc([C@@H]2CC(=O)c3c(O)cc(OS(=O)(=O)[O-])cc3O2)cc1O.[Na+]. The van der Waals surface area contributed by atoms with Gasteiger partial charge in [0.2, 0.25) is 0 Å². The number of hydrogen-bond acceptors (Lipinski definition) is 9. The van der Waals surface area contributed by atoms with Crippen LogP contribution in [0.4, 0.5) is 0 Å². The molecule has 2 aromatic rings. The molecule has 0 saturated carbocycles. The fourth-order valence-electron chi connectivity index (χ4n) is 2.59. The summed E-state index contributed by atoms with van der Waals surface area (Å²) in [5.74, 6) is -2.76. The molecule has 0 bridgehead atoms. The number of aromatic hydroxyl groups is 2. The van der Waals surface area contributed by atoms with Gasteiger partial charge in [-0.05, 0) is 17.7 Å². The van der Waals surface area contributed by atoms with Crippen LogP contribution >= 0.6 is 0 Å². The van der Waals surface area contributed by atoms with Crippen LogP contribution in [-0.4, -0.2) is 36.0 Å². The molecule has 0 spiro atoms. The van der Waals surface area contributed by atoms with Crippen LogP contribution in [0.3, 0.4) is 0 Å². The van der Waals surface area contributed by atoms with Crippen LogP contribution in [0.1, 0.15) is 32.6 Å². The first-order valence-electron chi connectivity index (χ1n) is 8.56. The first-order valence-corrected chi connectivity index (χ1v) is 8.40. The number of carbonyl (C=O) groups excluding carboxylic acids is 1. The van der Waals surface area contributed by atoms with Gasteiger partial charge in [-0.2, -0.15) is 0 Å². The number of phenols is 2. The molecular weight excluding hydrogens is 391 g/mol. The number of methoxy groups -OCH3 is 1. The summed E-state index contributed by atoms with van der Waals surface area (Å²) >= 11 is 0. The fourth-order valence-corrected chi connectivity index (χ4v) is 2.92. The van der Waals surface area contributed by atoms with Gasteiger partial charge < -0.3 is 28.4 Å². The van der Waals surface area contributed by atoms with Crippen molar-refractivity contribution in [2.24, 2.45) is 0 Å². The predicted molar refractivity (Wildman–Crippen MR) is 85.4 cm³/mol. The number of rotatable bonds is 4. The van der Waals surface area contributed by atoms with Gasteiger partial charge in [0.1, 0.15) is 28.9 Å². The van der Waals surface area contributed by atoms with E-state index in [0.29, 0.717) is 0 Å². The largest absolute Gasteiger partial charge is 1.00 e. The average molecular weight is 407 g/mol. The fraction of sp³-hybridized carbons (Fsp3) is 0.188. The van der Waals surface area contributed by atoms with E-state index in [-0.39, 0.29) is 58.6 Å². The summed E-state index contributed by atoms with van der Waals surface area (Å²) < 4.78 is 67.8. The Balaban J connectivity index is 0.00000320. The van der Waals surface area contributed by atoms with Gasteiger partial charge in [0.15, 0.2) is 17.3 Å². The van der Waals surface area contributed by atoms with Gasteiger partial charge in [0.05, 0.1) is 17.6 Å². The van der Waals surface area contributed by atoms with Crippen LogP contribution in [0.2, 0.25) is 0 Å². The van der Waals surface area contributed by atoms with Crippen molar-refractivity contribution in [2.75, 3.05) is 7.04 Å². The molecule has 0 aromatic heterocycles. The molecule has 0 saturated heterocycles. The Morgan fingerprint density at radius 1 is 1.26 bits per heavy atom. The molecular formula is C16H13NaO9S. The van der Waals surface area contributed by atoms with E-state index >= 15 is 0 Å². The van der Waals surface area contributed by atoms with Crippen LogP contribution in [0.5, 0.6) is 28.7 Å². The topological polar surface area (TPSA) is 142 Å². The summed E-state index contributed by atoms with van der Waals surface area (Å²) in [6.45, 7) is 0. The summed E-state index contributed by atoms with van der Waals surface area (Å²) in [6.07, 6.45) is -1.19. The van der Waals surface area contributed by atoms with E-state index in [0.717, 1.165) is 18.2 Å². The molecule has 0 unspecified atom stereocenters. The van der Waals surface area contributed by atoms with Gasteiger partial charge in [-0.3, -0.25) is 4.79 Å². The molecule has 9 nitrogen and oxygen atoms in total. The molecule has 0 aliphatic carbocycles. The molecule has 1 aliphatic heterocycles. The van der Waals surface area contributed by atoms with Gasteiger partial charge in [-0.15, -0.1) is 0 Å². The summed E-state index contributed by atoms with van der Waals surface area (Å²) in [6, 6.07) is 5.45. The first kappa shape index (κ1) is 17.1. The van der Waals surface area contributed by atoms with Crippen molar-refractivity contribution in [3.05, 3.63) is 41.5 Å². The Bertz CT molecular complexity index is 1090. The molecule has 3 rings (SSSR count). The van der Waals surface area contributed by atoms with Gasteiger partial charge in [0.25, 0.3) is 10.4 Å². The molecule has 1 atom stereocenters. The van der Waals surface area contributed by atoms with Crippen LogP contribution in [0.15, 0.2) is 30.3 Å². The third-order valence-corrected chi connectivity index (χ3v) is 4.03. The summed E-state index contributed by atoms with van der Waals surface area (Å²) in [5.41, 5.74) is 0.0603. The molecule has 1 heterocycles. The summed E-state index contributed by atoms with van der Waals surface area (Å²) in [4.78, 5) is 12.4. The minimum atomic E-state index is -5.12. The van der Waals surface area contributed by atoms with Crippen molar-refractivity contribution in [1.29, 1.82) is 0 Å². The maximum Gasteiger partial charge on any atom is 1.00 e. The van der Waals surface area contributed by atoms with Crippen LogP contribution in [0.25, 0.3) is 0 Å². The average Bonchev–Trinajstić information content (AvgIpc) is 2.53. The minimum absolute atomic E-state index is 0. The van der Waals surface area contributed by atoms with Crippen molar-refractivity contribution in [3.63, 3.8) is 0 Å². The molecule has 138 valence electrons. The maximum atomic E-state index is 12.4. The van der Waals surface area contributed by atoms with E-state index in [2.05, 4.69) is 8.92 Å². The van der Waals surface area contributed by atoms with Crippen molar-refractivity contribution < 1.29 is 75.3 Å². The summed E-state index contributed by atoms with van der Waals surface area (Å²) in [7, 11) is -7.89. The zero-order valence-electron chi connectivity index (χ0n) is 16.8. The third kappa shape index (κ3) is 4.66. The monoisotopic (exact) mass is 407 g/mol. The molecule has 2 aromatic carbocycles. The molecule has 0 amide bonds. The van der Waals surface area contributed by atoms with E-state index < -0.39 is 46.6 Å². The smallest absolute Gasteiger partial charge is 0.716 e. The maximum absolute atomic E-state index is 12.4. The van der Waals surface area contributed by atoms with Gasteiger partial charge in [0, 0.05) is 12.1 Å². The Morgan fingerprint density at radius 2 is 2.00 bits per heavy atom.